The van der Waals surface area contributed by atoms with Crippen molar-refractivity contribution in [3.8, 4) is 11.4 Å². The third kappa shape index (κ3) is 5.35. The van der Waals surface area contributed by atoms with Gasteiger partial charge in [-0.25, -0.2) is 4.79 Å². The van der Waals surface area contributed by atoms with E-state index in [2.05, 4.69) is 30.6 Å². The van der Waals surface area contributed by atoms with E-state index in [0.717, 1.165) is 16.7 Å². The fourth-order valence-electron chi connectivity index (χ4n) is 5.04. The van der Waals surface area contributed by atoms with Gasteiger partial charge in [0.25, 0.3) is 0 Å². The summed E-state index contributed by atoms with van der Waals surface area (Å²) in [7, 11) is 0. The molecule has 4 aromatic carbocycles. The van der Waals surface area contributed by atoms with E-state index in [-0.39, 0.29) is 12.4 Å². The molecule has 0 saturated carbocycles. The van der Waals surface area contributed by atoms with Crippen molar-refractivity contribution in [2.45, 2.75) is 38.5 Å². The predicted octanol–water partition coefficient (Wildman–Crippen LogP) is 7.53. The first kappa shape index (κ1) is 28.1. The lowest BCUT2D eigenvalue weighted by atomic mass is 9.72. The SMILES string of the molecule is C=C(C)C(=O)OCC(C)(c1ccccc1)c1cc(-n2nc3ccc(Cl)cc3n2)c(O)c(C(C)(C)c2ccccc2)c1. The molecule has 0 fully saturated rings. The van der Waals surface area contributed by atoms with Gasteiger partial charge in [0.05, 0.1) is 5.41 Å². The molecule has 41 heavy (non-hydrogen) atoms. The van der Waals surface area contributed by atoms with Gasteiger partial charge in [-0.15, -0.1) is 15.0 Å². The van der Waals surface area contributed by atoms with Crippen LogP contribution in [0.2, 0.25) is 5.02 Å². The number of esters is 1. The first-order valence-electron chi connectivity index (χ1n) is 13.4. The average Bonchev–Trinajstić information content (AvgIpc) is 3.39. The number of rotatable bonds is 8. The topological polar surface area (TPSA) is 77.2 Å². The zero-order valence-corrected chi connectivity index (χ0v) is 24.3. The third-order valence-electron chi connectivity index (χ3n) is 7.70. The highest BCUT2D eigenvalue weighted by molar-refractivity contribution is 6.31. The summed E-state index contributed by atoms with van der Waals surface area (Å²) in [5.41, 5.74) is 4.07. The second-order valence-corrected chi connectivity index (χ2v) is 11.5. The Morgan fingerprint density at radius 1 is 0.878 bits per heavy atom. The van der Waals surface area contributed by atoms with Gasteiger partial charge in [-0.3, -0.25) is 0 Å². The predicted molar refractivity (Wildman–Crippen MR) is 163 cm³/mol. The molecule has 0 bridgehead atoms. The molecule has 208 valence electrons. The van der Waals surface area contributed by atoms with E-state index in [4.69, 9.17) is 16.3 Å². The van der Waals surface area contributed by atoms with Crippen molar-refractivity contribution in [2.24, 2.45) is 0 Å². The fourth-order valence-corrected chi connectivity index (χ4v) is 5.21. The number of hydrogen-bond acceptors (Lipinski definition) is 5. The molecular weight excluding hydrogens is 534 g/mol. The second-order valence-electron chi connectivity index (χ2n) is 11.1. The molecule has 5 aromatic rings. The van der Waals surface area contributed by atoms with E-state index < -0.39 is 16.8 Å². The quantitative estimate of drug-likeness (QED) is 0.155. The number of halogens is 1. The summed E-state index contributed by atoms with van der Waals surface area (Å²) in [5.74, 6) is -0.406. The fraction of sp³-hybridized carbons (Fsp3) is 0.206. The Bertz CT molecular complexity index is 1750. The molecule has 0 aliphatic heterocycles. The van der Waals surface area contributed by atoms with Crippen molar-refractivity contribution in [1.29, 1.82) is 0 Å². The van der Waals surface area contributed by atoms with Gasteiger partial charge < -0.3 is 9.84 Å². The summed E-state index contributed by atoms with van der Waals surface area (Å²) in [6, 6.07) is 29.0. The summed E-state index contributed by atoms with van der Waals surface area (Å²) >= 11 is 6.22. The van der Waals surface area contributed by atoms with Crippen LogP contribution in [-0.4, -0.2) is 32.7 Å². The van der Waals surface area contributed by atoms with Gasteiger partial charge in [-0.05, 0) is 54.8 Å². The van der Waals surface area contributed by atoms with Gasteiger partial charge in [-0.1, -0.05) is 98.8 Å². The minimum atomic E-state index is -0.785. The summed E-state index contributed by atoms with van der Waals surface area (Å²) in [6.07, 6.45) is 0. The molecule has 0 aliphatic carbocycles. The number of hydrogen-bond donors (Lipinski definition) is 1. The van der Waals surface area contributed by atoms with Gasteiger partial charge in [0.15, 0.2) is 0 Å². The molecule has 1 unspecified atom stereocenters. The zero-order valence-electron chi connectivity index (χ0n) is 23.6. The summed E-state index contributed by atoms with van der Waals surface area (Å²) in [6.45, 7) is 11.6. The number of nitrogens with zero attached hydrogens (tertiary/aromatic N) is 3. The highest BCUT2D eigenvalue weighted by Gasteiger charge is 2.36. The molecule has 1 N–H and O–H groups in total. The zero-order chi connectivity index (χ0) is 29.4. The van der Waals surface area contributed by atoms with Crippen LogP contribution in [0.3, 0.4) is 0 Å². The van der Waals surface area contributed by atoms with Crippen LogP contribution in [0, 0.1) is 0 Å². The van der Waals surface area contributed by atoms with Crippen LogP contribution >= 0.6 is 11.6 Å². The van der Waals surface area contributed by atoms with E-state index >= 15 is 0 Å². The van der Waals surface area contributed by atoms with E-state index in [0.29, 0.717) is 32.9 Å². The summed E-state index contributed by atoms with van der Waals surface area (Å²) in [5, 5.41) is 21.7. The standard InChI is InChI=1S/C34H32ClN3O3/c1-22(2)32(40)41-21-34(5,24-14-10-7-11-15-24)25-18-27(33(3,4)23-12-8-6-9-13-23)31(39)30(19-25)38-36-28-17-16-26(35)20-29(28)37-38/h6-20,39H,1,21H2,2-5H3. The highest BCUT2D eigenvalue weighted by Crippen LogP contribution is 2.44. The first-order chi connectivity index (χ1) is 19.5. The lowest BCUT2D eigenvalue weighted by molar-refractivity contribution is -0.140. The molecule has 0 radical (unpaired) electrons. The lowest BCUT2D eigenvalue weighted by Crippen LogP contribution is -2.32. The van der Waals surface area contributed by atoms with Gasteiger partial charge in [0, 0.05) is 21.6 Å². The summed E-state index contributed by atoms with van der Waals surface area (Å²) in [4.78, 5) is 14.0. The van der Waals surface area contributed by atoms with E-state index in [1.807, 2.05) is 79.7 Å². The molecule has 7 heteroatoms. The molecule has 5 rings (SSSR count). The number of phenolic OH excluding ortho intramolecular Hbond substituents is 1. The number of ether oxygens (including phenoxy) is 1. The van der Waals surface area contributed by atoms with Crippen molar-refractivity contribution >= 4 is 28.6 Å². The Balaban J connectivity index is 1.78. The first-order valence-corrected chi connectivity index (χ1v) is 13.7. The Hall–Kier alpha value is -4.42. The normalized spacial score (nSPS) is 13.1. The maximum atomic E-state index is 12.5. The molecule has 0 amide bonds. The van der Waals surface area contributed by atoms with Crippen LogP contribution < -0.4 is 0 Å². The Labute approximate surface area is 244 Å². The minimum Gasteiger partial charge on any atom is -0.505 e. The molecule has 1 heterocycles. The van der Waals surface area contributed by atoms with Gasteiger partial charge in [0.2, 0.25) is 0 Å². The number of fused-ring (bicyclic) bond motifs is 1. The van der Waals surface area contributed by atoms with E-state index in [9.17, 15) is 9.90 Å². The molecule has 1 aromatic heterocycles. The second kappa shape index (κ2) is 10.9. The molecule has 0 saturated heterocycles. The van der Waals surface area contributed by atoms with Crippen molar-refractivity contribution in [3.63, 3.8) is 0 Å². The van der Waals surface area contributed by atoms with Crippen molar-refractivity contribution in [2.75, 3.05) is 6.61 Å². The number of benzene rings is 4. The van der Waals surface area contributed by atoms with Crippen LogP contribution in [0.5, 0.6) is 5.75 Å². The monoisotopic (exact) mass is 565 g/mol. The third-order valence-corrected chi connectivity index (χ3v) is 7.94. The molecule has 0 aliphatic rings. The van der Waals surface area contributed by atoms with Gasteiger partial charge in [-0.2, -0.15) is 0 Å². The van der Waals surface area contributed by atoms with Crippen molar-refractivity contribution < 1.29 is 14.6 Å². The van der Waals surface area contributed by atoms with Crippen LogP contribution in [0.15, 0.2) is 103 Å². The smallest absolute Gasteiger partial charge is 0.333 e. The van der Waals surface area contributed by atoms with Crippen molar-refractivity contribution in [3.05, 3.63) is 130 Å². The van der Waals surface area contributed by atoms with Crippen LogP contribution in [0.4, 0.5) is 0 Å². The maximum Gasteiger partial charge on any atom is 0.333 e. The largest absolute Gasteiger partial charge is 0.505 e. The number of aromatic hydroxyl groups is 1. The number of carbonyl (C=O) groups is 1. The Morgan fingerprint density at radius 3 is 2.12 bits per heavy atom. The van der Waals surface area contributed by atoms with Gasteiger partial charge in [0.1, 0.15) is 29.1 Å². The number of phenols is 1. The Kier molecular flexibility index (Phi) is 7.45. The van der Waals surface area contributed by atoms with E-state index in [1.165, 1.54) is 4.80 Å². The number of aromatic nitrogens is 3. The van der Waals surface area contributed by atoms with Crippen molar-refractivity contribution in [1.82, 2.24) is 15.0 Å². The number of carbonyl (C=O) groups excluding carboxylic acids is 1. The lowest BCUT2D eigenvalue weighted by Gasteiger charge is -2.34. The molecular formula is C34H32ClN3O3. The van der Waals surface area contributed by atoms with E-state index in [1.54, 1.807) is 25.1 Å². The van der Waals surface area contributed by atoms with Crippen LogP contribution in [-0.2, 0) is 20.4 Å². The maximum absolute atomic E-state index is 12.5. The highest BCUT2D eigenvalue weighted by atomic mass is 35.5. The Morgan fingerprint density at radius 2 is 1.49 bits per heavy atom. The summed E-state index contributed by atoms with van der Waals surface area (Å²) < 4.78 is 5.77. The molecule has 6 nitrogen and oxygen atoms in total. The minimum absolute atomic E-state index is 0.0578. The van der Waals surface area contributed by atoms with Crippen LogP contribution in [0.1, 0.15) is 49.9 Å². The average molecular weight is 566 g/mol. The van der Waals surface area contributed by atoms with Crippen LogP contribution in [0.25, 0.3) is 16.7 Å². The molecule has 1 atom stereocenters. The molecule has 0 spiro atoms. The van der Waals surface area contributed by atoms with Gasteiger partial charge >= 0.3 is 5.97 Å².